The number of nitrogens with zero attached hydrogens (tertiary/aromatic N) is 3. The number of imidazole rings is 1. The average molecular weight is 305 g/mol. The molecule has 0 spiro atoms. The molecule has 0 bridgehead atoms. The predicted octanol–water partition coefficient (Wildman–Crippen LogP) is 4.13. The summed E-state index contributed by atoms with van der Waals surface area (Å²) in [6, 6.07) is 10.5. The van der Waals surface area contributed by atoms with E-state index in [1.165, 1.54) is 16.2 Å². The van der Waals surface area contributed by atoms with E-state index in [0.29, 0.717) is 0 Å². The van der Waals surface area contributed by atoms with Crippen molar-refractivity contribution in [2.24, 2.45) is 0 Å². The zero-order valence-electron chi connectivity index (χ0n) is 12.2. The molecule has 0 N–H and O–H groups in total. The van der Waals surface area contributed by atoms with Crippen LogP contribution in [0.2, 0.25) is 0 Å². The van der Waals surface area contributed by atoms with Crippen molar-refractivity contribution >= 4 is 28.4 Å². The van der Waals surface area contributed by atoms with Gasteiger partial charge in [-0.05, 0) is 42.5 Å². The van der Waals surface area contributed by atoms with Gasteiger partial charge in [0, 0.05) is 5.75 Å². The Morgan fingerprint density at radius 3 is 2.95 bits per heavy atom. The fraction of sp³-hybridized carbons (Fsp3) is 0.222. The summed E-state index contributed by atoms with van der Waals surface area (Å²) in [6.45, 7) is 3.84. The van der Waals surface area contributed by atoms with Gasteiger partial charge in [-0.2, -0.15) is 5.26 Å². The third kappa shape index (κ3) is 1.79. The number of benzene rings is 1. The van der Waals surface area contributed by atoms with E-state index in [1.807, 2.05) is 24.3 Å². The highest BCUT2D eigenvalue weighted by atomic mass is 32.2. The fourth-order valence-electron chi connectivity index (χ4n) is 3.33. The molecule has 1 aromatic carbocycles. The highest BCUT2D eigenvalue weighted by Gasteiger charge is 2.25. The maximum atomic E-state index is 9.67. The molecule has 3 aromatic rings. The zero-order chi connectivity index (χ0) is 15.1. The van der Waals surface area contributed by atoms with Gasteiger partial charge in [-0.1, -0.05) is 18.2 Å². The minimum atomic E-state index is 0.756. The van der Waals surface area contributed by atoms with Crippen molar-refractivity contribution in [3.8, 4) is 6.07 Å². The fourth-order valence-corrected chi connectivity index (χ4v) is 4.32. The second-order valence-corrected chi connectivity index (χ2v) is 6.47. The van der Waals surface area contributed by atoms with Crippen LogP contribution in [0.15, 0.2) is 41.9 Å². The minimum absolute atomic E-state index is 0.756. The lowest BCUT2D eigenvalue weighted by molar-refractivity contribution is 0.894. The van der Waals surface area contributed by atoms with E-state index in [-0.39, 0.29) is 0 Å². The van der Waals surface area contributed by atoms with Crippen LogP contribution in [-0.4, -0.2) is 15.1 Å². The SMILES string of the molecule is C=CCSc1c2c(c(C#N)c3nc4ccccc4n13)CCC2. The Hall–Kier alpha value is -2.25. The molecule has 4 heteroatoms. The molecule has 0 unspecified atom stereocenters. The third-order valence-electron chi connectivity index (χ3n) is 4.21. The second kappa shape index (κ2) is 5.19. The Balaban J connectivity index is 2.18. The highest BCUT2D eigenvalue weighted by Crippen LogP contribution is 2.38. The molecule has 0 aliphatic heterocycles. The summed E-state index contributed by atoms with van der Waals surface area (Å²) in [5.74, 6) is 0.861. The quantitative estimate of drug-likeness (QED) is 0.540. The van der Waals surface area contributed by atoms with E-state index in [4.69, 9.17) is 4.98 Å². The van der Waals surface area contributed by atoms with Gasteiger partial charge < -0.3 is 0 Å². The zero-order valence-corrected chi connectivity index (χ0v) is 13.0. The van der Waals surface area contributed by atoms with Gasteiger partial charge >= 0.3 is 0 Å². The van der Waals surface area contributed by atoms with Gasteiger partial charge in [0.2, 0.25) is 0 Å². The number of para-hydroxylation sites is 2. The van der Waals surface area contributed by atoms with Crippen LogP contribution in [0.1, 0.15) is 23.1 Å². The minimum Gasteiger partial charge on any atom is -0.286 e. The van der Waals surface area contributed by atoms with Crippen molar-refractivity contribution in [2.75, 3.05) is 5.75 Å². The molecule has 0 amide bonds. The molecule has 3 nitrogen and oxygen atoms in total. The Morgan fingerprint density at radius 1 is 1.32 bits per heavy atom. The second-order valence-electron chi connectivity index (χ2n) is 5.46. The van der Waals surface area contributed by atoms with Crippen LogP contribution < -0.4 is 0 Å². The van der Waals surface area contributed by atoms with E-state index in [9.17, 15) is 5.26 Å². The number of hydrogen-bond donors (Lipinski definition) is 0. The van der Waals surface area contributed by atoms with E-state index in [0.717, 1.165) is 47.3 Å². The maximum absolute atomic E-state index is 9.67. The van der Waals surface area contributed by atoms with Gasteiger partial charge in [-0.3, -0.25) is 4.40 Å². The first-order valence-corrected chi connectivity index (χ1v) is 8.42. The topological polar surface area (TPSA) is 41.1 Å². The number of thioether (sulfide) groups is 1. The number of pyridine rings is 1. The summed E-state index contributed by atoms with van der Waals surface area (Å²) in [5, 5.41) is 10.9. The largest absolute Gasteiger partial charge is 0.286 e. The monoisotopic (exact) mass is 305 g/mol. The van der Waals surface area contributed by atoms with E-state index in [1.54, 1.807) is 11.8 Å². The highest BCUT2D eigenvalue weighted by molar-refractivity contribution is 7.99. The van der Waals surface area contributed by atoms with Crippen LogP contribution in [0, 0.1) is 11.3 Å². The number of fused-ring (bicyclic) bond motifs is 4. The van der Waals surface area contributed by atoms with Crippen molar-refractivity contribution in [3.05, 3.63) is 53.6 Å². The normalized spacial score (nSPS) is 13.4. The van der Waals surface area contributed by atoms with E-state index >= 15 is 0 Å². The molecular formula is C18H15N3S. The molecule has 0 saturated heterocycles. The van der Waals surface area contributed by atoms with Gasteiger partial charge in [0.25, 0.3) is 0 Å². The summed E-state index contributed by atoms with van der Waals surface area (Å²) in [6.07, 6.45) is 5.08. The number of rotatable bonds is 3. The first-order valence-electron chi connectivity index (χ1n) is 7.44. The van der Waals surface area contributed by atoms with Crippen molar-refractivity contribution in [3.63, 3.8) is 0 Å². The van der Waals surface area contributed by atoms with Crippen LogP contribution in [0.3, 0.4) is 0 Å². The van der Waals surface area contributed by atoms with Crippen LogP contribution in [0.5, 0.6) is 0 Å². The van der Waals surface area contributed by atoms with Gasteiger partial charge in [0.1, 0.15) is 6.07 Å². The van der Waals surface area contributed by atoms with Crippen LogP contribution in [-0.2, 0) is 12.8 Å². The molecule has 22 heavy (non-hydrogen) atoms. The lowest BCUT2D eigenvalue weighted by atomic mass is 10.1. The summed E-state index contributed by atoms with van der Waals surface area (Å²) in [4.78, 5) is 4.73. The Bertz CT molecular complexity index is 947. The van der Waals surface area contributed by atoms with Crippen LogP contribution >= 0.6 is 11.8 Å². The van der Waals surface area contributed by atoms with E-state index in [2.05, 4.69) is 23.1 Å². The lowest BCUT2D eigenvalue weighted by Crippen LogP contribution is -2.02. The molecule has 0 saturated carbocycles. The molecule has 2 aromatic heterocycles. The summed E-state index contributed by atoms with van der Waals surface area (Å²) >= 11 is 1.79. The molecule has 1 aliphatic carbocycles. The predicted molar refractivity (Wildman–Crippen MR) is 90.4 cm³/mol. The van der Waals surface area contributed by atoms with Gasteiger partial charge in [-0.25, -0.2) is 4.98 Å². The Labute approximate surface area is 133 Å². The first-order chi connectivity index (χ1) is 10.8. The van der Waals surface area contributed by atoms with Crippen molar-refractivity contribution in [1.82, 2.24) is 9.38 Å². The van der Waals surface area contributed by atoms with E-state index < -0.39 is 0 Å². The summed E-state index contributed by atoms with van der Waals surface area (Å²) < 4.78 is 2.17. The third-order valence-corrected chi connectivity index (χ3v) is 5.32. The number of hydrogen-bond acceptors (Lipinski definition) is 3. The molecule has 0 atom stereocenters. The maximum Gasteiger partial charge on any atom is 0.157 e. The van der Waals surface area contributed by atoms with Gasteiger partial charge in [0.15, 0.2) is 5.65 Å². The smallest absolute Gasteiger partial charge is 0.157 e. The molecule has 4 rings (SSSR count). The van der Waals surface area contributed by atoms with Gasteiger partial charge in [0.05, 0.1) is 21.6 Å². The molecule has 2 heterocycles. The van der Waals surface area contributed by atoms with Gasteiger partial charge in [-0.15, -0.1) is 18.3 Å². The lowest BCUT2D eigenvalue weighted by Gasteiger charge is -2.13. The molecule has 1 aliphatic rings. The number of nitriles is 1. The molecule has 0 radical (unpaired) electrons. The van der Waals surface area contributed by atoms with Crippen molar-refractivity contribution < 1.29 is 0 Å². The average Bonchev–Trinajstić information content (AvgIpc) is 3.16. The Morgan fingerprint density at radius 2 is 2.14 bits per heavy atom. The molecule has 108 valence electrons. The Kier molecular flexibility index (Phi) is 3.16. The standard InChI is InChI=1S/C18H15N3S/c1-2-10-22-18-13-7-5-6-12(13)14(11-19)17-20-15-8-3-4-9-16(15)21(17)18/h2-4,8-9H,1,5-7,10H2. The molecule has 0 fully saturated rings. The first kappa shape index (κ1) is 13.4. The van der Waals surface area contributed by atoms with Crippen LogP contribution in [0.25, 0.3) is 16.7 Å². The summed E-state index contributed by atoms with van der Waals surface area (Å²) in [5.41, 5.74) is 6.12. The van der Waals surface area contributed by atoms with Crippen molar-refractivity contribution in [1.29, 1.82) is 5.26 Å². The van der Waals surface area contributed by atoms with Crippen molar-refractivity contribution in [2.45, 2.75) is 24.3 Å². The molecular weight excluding hydrogens is 290 g/mol. The summed E-state index contributed by atoms with van der Waals surface area (Å²) in [7, 11) is 0. The number of aromatic nitrogens is 2. The van der Waals surface area contributed by atoms with Crippen LogP contribution in [0.4, 0.5) is 0 Å².